The standard InChI is InChI=1S/C7H5Br2NOS/c8-6-4-2(10)1-3(11)5(4)7(9)12-6/h2H,1,10H2/t2-/m0/s1. The van der Waals surface area contributed by atoms with Crippen molar-refractivity contribution in [3.8, 4) is 0 Å². The summed E-state index contributed by atoms with van der Waals surface area (Å²) in [4.78, 5) is 11.4. The topological polar surface area (TPSA) is 43.1 Å². The third-order valence-electron chi connectivity index (χ3n) is 1.91. The summed E-state index contributed by atoms with van der Waals surface area (Å²) in [7, 11) is 0. The van der Waals surface area contributed by atoms with E-state index < -0.39 is 0 Å². The van der Waals surface area contributed by atoms with Crippen LogP contribution in [0.25, 0.3) is 0 Å². The molecule has 1 aromatic rings. The molecule has 1 atom stereocenters. The Balaban J connectivity index is 2.69. The smallest absolute Gasteiger partial charge is 0.167 e. The van der Waals surface area contributed by atoms with E-state index in [-0.39, 0.29) is 11.8 Å². The van der Waals surface area contributed by atoms with E-state index >= 15 is 0 Å². The highest BCUT2D eigenvalue weighted by Crippen LogP contribution is 2.45. The summed E-state index contributed by atoms with van der Waals surface area (Å²) >= 11 is 8.25. The molecule has 0 aromatic carbocycles. The van der Waals surface area contributed by atoms with E-state index in [9.17, 15) is 4.79 Å². The summed E-state index contributed by atoms with van der Waals surface area (Å²) in [5.41, 5.74) is 7.53. The number of Topliss-reactive ketones (excluding diaryl/α,β-unsaturated/α-hetero) is 1. The lowest BCUT2D eigenvalue weighted by Gasteiger charge is -1.99. The first-order valence-electron chi connectivity index (χ1n) is 3.37. The summed E-state index contributed by atoms with van der Waals surface area (Å²) in [6.07, 6.45) is 0.440. The van der Waals surface area contributed by atoms with Gasteiger partial charge in [0.05, 0.1) is 7.57 Å². The zero-order valence-corrected chi connectivity index (χ0v) is 9.92. The van der Waals surface area contributed by atoms with E-state index in [1.165, 1.54) is 11.3 Å². The zero-order valence-electron chi connectivity index (χ0n) is 5.93. The van der Waals surface area contributed by atoms with Gasteiger partial charge in [0.1, 0.15) is 0 Å². The van der Waals surface area contributed by atoms with Gasteiger partial charge in [-0.15, -0.1) is 11.3 Å². The fourth-order valence-corrected chi connectivity index (χ4v) is 4.78. The molecule has 0 saturated heterocycles. The van der Waals surface area contributed by atoms with E-state index in [1.54, 1.807) is 0 Å². The maximum Gasteiger partial charge on any atom is 0.167 e. The second-order valence-corrected chi connectivity index (χ2v) is 6.33. The molecule has 1 heterocycles. The van der Waals surface area contributed by atoms with E-state index in [0.717, 1.165) is 18.7 Å². The number of fused-ring (bicyclic) bond motifs is 1. The monoisotopic (exact) mass is 309 g/mol. The lowest BCUT2D eigenvalue weighted by Crippen LogP contribution is -2.05. The molecule has 5 heteroatoms. The van der Waals surface area contributed by atoms with Crippen LogP contribution < -0.4 is 5.73 Å². The lowest BCUT2D eigenvalue weighted by molar-refractivity contribution is 0.0989. The van der Waals surface area contributed by atoms with Crippen molar-refractivity contribution in [3.05, 3.63) is 18.7 Å². The first-order valence-corrected chi connectivity index (χ1v) is 5.78. The SMILES string of the molecule is N[C@H]1CC(=O)c2c(Br)sc(Br)c21. The highest BCUT2D eigenvalue weighted by atomic mass is 79.9. The summed E-state index contributed by atoms with van der Waals surface area (Å²) in [6.45, 7) is 0. The minimum absolute atomic E-state index is 0.121. The fraction of sp³-hybridized carbons (Fsp3) is 0.286. The lowest BCUT2D eigenvalue weighted by atomic mass is 10.2. The van der Waals surface area contributed by atoms with Gasteiger partial charge in [-0.05, 0) is 31.9 Å². The first-order chi connectivity index (χ1) is 5.61. The van der Waals surface area contributed by atoms with Crippen LogP contribution in [0.4, 0.5) is 0 Å². The van der Waals surface area contributed by atoms with Gasteiger partial charge < -0.3 is 5.73 Å². The minimum atomic E-state index is -0.121. The Morgan fingerprint density at radius 2 is 2.08 bits per heavy atom. The number of rotatable bonds is 0. The Morgan fingerprint density at radius 3 is 2.67 bits per heavy atom. The summed E-state index contributed by atoms with van der Waals surface area (Å²) in [5, 5.41) is 0. The number of halogens is 2. The molecule has 0 spiro atoms. The van der Waals surface area contributed by atoms with Crippen LogP contribution in [0.15, 0.2) is 7.57 Å². The van der Waals surface area contributed by atoms with Gasteiger partial charge >= 0.3 is 0 Å². The summed E-state index contributed by atoms with van der Waals surface area (Å²) < 4.78 is 1.87. The molecule has 0 bridgehead atoms. The fourth-order valence-electron chi connectivity index (χ4n) is 1.38. The van der Waals surface area contributed by atoms with Gasteiger partial charge in [0.2, 0.25) is 0 Å². The molecular weight excluding hydrogens is 306 g/mol. The van der Waals surface area contributed by atoms with Crippen molar-refractivity contribution in [1.82, 2.24) is 0 Å². The Kier molecular flexibility index (Phi) is 2.15. The molecule has 1 aliphatic carbocycles. The molecule has 0 saturated carbocycles. The predicted molar refractivity (Wildman–Crippen MR) is 55.6 cm³/mol. The molecule has 2 N–H and O–H groups in total. The van der Waals surface area contributed by atoms with Crippen LogP contribution in [0.1, 0.15) is 28.4 Å². The van der Waals surface area contributed by atoms with Crippen molar-refractivity contribution < 1.29 is 4.79 Å². The van der Waals surface area contributed by atoms with Gasteiger partial charge in [0, 0.05) is 23.6 Å². The molecule has 0 unspecified atom stereocenters. The third kappa shape index (κ3) is 1.11. The molecule has 0 radical (unpaired) electrons. The normalized spacial score (nSPS) is 21.6. The molecule has 0 amide bonds. The van der Waals surface area contributed by atoms with E-state index in [2.05, 4.69) is 31.9 Å². The van der Waals surface area contributed by atoms with Gasteiger partial charge in [-0.3, -0.25) is 4.79 Å². The van der Waals surface area contributed by atoms with Crippen LogP contribution in [0, 0.1) is 0 Å². The van der Waals surface area contributed by atoms with Gasteiger partial charge in [0.15, 0.2) is 5.78 Å². The van der Waals surface area contributed by atoms with E-state index in [1.807, 2.05) is 0 Å². The van der Waals surface area contributed by atoms with Crippen molar-refractivity contribution in [2.24, 2.45) is 5.73 Å². The minimum Gasteiger partial charge on any atom is -0.323 e. The van der Waals surface area contributed by atoms with Crippen molar-refractivity contribution in [3.63, 3.8) is 0 Å². The van der Waals surface area contributed by atoms with Crippen LogP contribution in [0.5, 0.6) is 0 Å². The Hall–Kier alpha value is 0.290. The zero-order chi connectivity index (χ0) is 8.88. The van der Waals surface area contributed by atoms with Gasteiger partial charge in [-0.25, -0.2) is 0 Å². The second kappa shape index (κ2) is 2.90. The van der Waals surface area contributed by atoms with Crippen LogP contribution in [-0.4, -0.2) is 5.78 Å². The van der Waals surface area contributed by atoms with E-state index in [4.69, 9.17) is 5.73 Å². The maximum absolute atomic E-state index is 11.4. The molecule has 64 valence electrons. The number of nitrogens with two attached hydrogens (primary N) is 1. The molecular formula is C7H5Br2NOS. The molecule has 12 heavy (non-hydrogen) atoms. The second-order valence-electron chi connectivity index (χ2n) is 2.67. The Morgan fingerprint density at radius 1 is 1.42 bits per heavy atom. The quantitative estimate of drug-likeness (QED) is 0.800. The number of hydrogen-bond acceptors (Lipinski definition) is 3. The summed E-state index contributed by atoms with van der Waals surface area (Å²) in [5.74, 6) is 0.145. The van der Waals surface area contributed by atoms with Crippen LogP contribution in [0.2, 0.25) is 0 Å². The molecule has 1 aromatic heterocycles. The number of thiophene rings is 1. The van der Waals surface area contributed by atoms with Gasteiger partial charge in [-0.2, -0.15) is 0 Å². The van der Waals surface area contributed by atoms with Crippen molar-refractivity contribution in [1.29, 1.82) is 0 Å². The highest BCUT2D eigenvalue weighted by Gasteiger charge is 2.32. The molecule has 0 fully saturated rings. The molecule has 2 rings (SSSR count). The number of carbonyl (C=O) groups is 1. The average Bonchev–Trinajstić information content (AvgIpc) is 2.38. The Labute approximate surface area is 90.4 Å². The van der Waals surface area contributed by atoms with Gasteiger partial charge in [0.25, 0.3) is 0 Å². The first kappa shape index (κ1) is 8.87. The van der Waals surface area contributed by atoms with Crippen LogP contribution >= 0.6 is 43.2 Å². The number of hydrogen-bond donors (Lipinski definition) is 1. The van der Waals surface area contributed by atoms with Crippen LogP contribution in [-0.2, 0) is 0 Å². The molecule has 1 aliphatic rings. The molecule has 2 nitrogen and oxygen atoms in total. The number of ketones is 1. The van der Waals surface area contributed by atoms with Crippen molar-refractivity contribution in [2.75, 3.05) is 0 Å². The highest BCUT2D eigenvalue weighted by molar-refractivity contribution is 9.12. The summed E-state index contributed by atoms with van der Waals surface area (Å²) in [6, 6.07) is -0.121. The molecule has 0 aliphatic heterocycles. The largest absolute Gasteiger partial charge is 0.323 e. The van der Waals surface area contributed by atoms with Crippen molar-refractivity contribution in [2.45, 2.75) is 12.5 Å². The van der Waals surface area contributed by atoms with Crippen LogP contribution in [0.3, 0.4) is 0 Å². The maximum atomic E-state index is 11.4. The van der Waals surface area contributed by atoms with E-state index in [0.29, 0.717) is 6.42 Å². The number of carbonyl (C=O) groups excluding carboxylic acids is 1. The average molecular weight is 311 g/mol. The third-order valence-corrected chi connectivity index (χ3v) is 4.49. The Bertz CT molecular complexity index is 361. The van der Waals surface area contributed by atoms with Gasteiger partial charge in [-0.1, -0.05) is 0 Å². The predicted octanol–water partition coefficient (Wildman–Crippen LogP) is 2.86. The van der Waals surface area contributed by atoms with Crippen molar-refractivity contribution >= 4 is 49.0 Å².